The molecule has 0 aromatic heterocycles. The van der Waals surface area contributed by atoms with E-state index in [4.69, 9.17) is 56.8 Å². The van der Waals surface area contributed by atoms with E-state index in [1.165, 1.54) is 84.0 Å². The zero-order valence-corrected chi connectivity index (χ0v) is 37.1. The molecule has 0 fully saturated rings. The van der Waals surface area contributed by atoms with Crippen LogP contribution in [0.1, 0.15) is 97.3 Å². The fourth-order valence-electron chi connectivity index (χ4n) is 5.58. The molecule has 1 aromatic carbocycles. The van der Waals surface area contributed by atoms with E-state index in [9.17, 15) is 4.79 Å². The summed E-state index contributed by atoms with van der Waals surface area (Å²) in [6.07, 6.45) is 17.7. The van der Waals surface area contributed by atoms with Gasteiger partial charge in [0.05, 0.1) is 139 Å². The highest BCUT2D eigenvalue weighted by atomic mass is 16.6. The van der Waals surface area contributed by atoms with Gasteiger partial charge in [-0.15, -0.1) is 0 Å². The van der Waals surface area contributed by atoms with Crippen LogP contribution in [-0.4, -0.2) is 158 Å². The summed E-state index contributed by atoms with van der Waals surface area (Å²) in [5.74, 6) is 0.612. The first-order chi connectivity index (χ1) is 29.2. The molecular formula is C45H83NO13. The predicted octanol–water partition coefficient (Wildman–Crippen LogP) is 7.30. The Balaban J connectivity index is 1.62. The van der Waals surface area contributed by atoms with E-state index in [0.717, 1.165) is 24.5 Å². The van der Waals surface area contributed by atoms with Crippen LogP contribution >= 0.6 is 0 Å². The first kappa shape index (κ1) is 55.1. The van der Waals surface area contributed by atoms with Crippen molar-refractivity contribution in [3.8, 4) is 5.75 Å². The molecule has 0 unspecified atom stereocenters. The molecule has 14 heteroatoms. The maximum Gasteiger partial charge on any atom is 0.221 e. The highest BCUT2D eigenvalue weighted by Crippen LogP contribution is 2.15. The van der Waals surface area contributed by atoms with Crippen LogP contribution in [0.4, 0.5) is 5.69 Å². The van der Waals surface area contributed by atoms with E-state index in [0.29, 0.717) is 145 Å². The molecule has 0 aliphatic rings. The number of ether oxygens (including phenoxy) is 12. The van der Waals surface area contributed by atoms with Gasteiger partial charge in [0.25, 0.3) is 0 Å². The first-order valence-corrected chi connectivity index (χ1v) is 22.6. The highest BCUT2D eigenvalue weighted by molar-refractivity contribution is 5.88. The number of nitrogens with one attached hydrogen (secondary N) is 1. The molecule has 0 aliphatic carbocycles. The number of carbonyl (C=O) groups is 1. The lowest BCUT2D eigenvalue weighted by Crippen LogP contribution is -2.15. The Hall–Kier alpha value is -1.95. The quantitative estimate of drug-likeness (QED) is 0.0657. The van der Waals surface area contributed by atoms with E-state index in [1.807, 2.05) is 0 Å². The summed E-state index contributed by atoms with van der Waals surface area (Å²) in [5.41, 5.74) is 0.733. The topological polar surface area (TPSA) is 140 Å². The number of hydrogen-bond acceptors (Lipinski definition) is 13. The third kappa shape index (κ3) is 43.9. The molecule has 0 aliphatic heterocycles. The van der Waals surface area contributed by atoms with Crippen molar-refractivity contribution >= 4 is 11.6 Å². The minimum Gasteiger partial charge on any atom is -0.491 e. The van der Waals surface area contributed by atoms with Gasteiger partial charge in [-0.05, 0) is 30.7 Å². The Morgan fingerprint density at radius 1 is 0.356 bits per heavy atom. The number of hydrogen-bond donors (Lipinski definition) is 1. The van der Waals surface area contributed by atoms with Crippen LogP contribution in [0, 0.1) is 0 Å². The van der Waals surface area contributed by atoms with E-state index < -0.39 is 0 Å². The van der Waals surface area contributed by atoms with Gasteiger partial charge < -0.3 is 62.2 Å². The van der Waals surface area contributed by atoms with Crippen LogP contribution in [0.3, 0.4) is 0 Å². The normalized spacial score (nSPS) is 11.4. The van der Waals surface area contributed by atoms with E-state index in [2.05, 4.69) is 12.2 Å². The minimum atomic E-state index is -0.107. The van der Waals surface area contributed by atoms with Gasteiger partial charge >= 0.3 is 0 Å². The number of anilines is 1. The minimum absolute atomic E-state index is 0.107. The van der Waals surface area contributed by atoms with Gasteiger partial charge in [-0.3, -0.25) is 4.79 Å². The summed E-state index contributed by atoms with van der Waals surface area (Å²) in [6, 6.07) is 7.19. The molecule has 1 aromatic rings. The Morgan fingerprint density at radius 2 is 0.610 bits per heavy atom. The van der Waals surface area contributed by atoms with Crippen LogP contribution in [0.25, 0.3) is 0 Å². The zero-order chi connectivity index (χ0) is 42.2. The van der Waals surface area contributed by atoms with Gasteiger partial charge in [-0.1, -0.05) is 84.0 Å². The average Bonchev–Trinajstić information content (AvgIpc) is 3.23. The Labute approximate surface area is 357 Å². The molecule has 1 amide bonds. The smallest absolute Gasteiger partial charge is 0.221 e. The molecule has 1 N–H and O–H groups in total. The maximum absolute atomic E-state index is 11.1. The Kier molecular flexibility index (Phi) is 44.0. The Morgan fingerprint density at radius 3 is 0.898 bits per heavy atom. The van der Waals surface area contributed by atoms with Crippen LogP contribution in [-0.2, 0) is 56.9 Å². The van der Waals surface area contributed by atoms with Crippen LogP contribution in [0.5, 0.6) is 5.75 Å². The van der Waals surface area contributed by atoms with Crippen molar-refractivity contribution in [2.75, 3.05) is 157 Å². The van der Waals surface area contributed by atoms with Gasteiger partial charge in [0.1, 0.15) is 12.4 Å². The average molecular weight is 846 g/mol. The summed E-state index contributed by atoms with van der Waals surface area (Å²) < 4.78 is 66.5. The van der Waals surface area contributed by atoms with Gasteiger partial charge in [-0.2, -0.15) is 0 Å². The summed E-state index contributed by atoms with van der Waals surface area (Å²) in [6.45, 7) is 15.9. The van der Waals surface area contributed by atoms with Crippen LogP contribution in [0.2, 0.25) is 0 Å². The molecule has 0 radical (unpaired) electrons. The summed E-state index contributed by atoms with van der Waals surface area (Å²) in [7, 11) is 0. The second-order valence-corrected chi connectivity index (χ2v) is 14.0. The first-order valence-electron chi connectivity index (χ1n) is 22.6. The van der Waals surface area contributed by atoms with Crippen LogP contribution in [0.15, 0.2) is 24.3 Å². The monoisotopic (exact) mass is 846 g/mol. The molecule has 0 heterocycles. The number of unbranched alkanes of at least 4 members (excludes halogenated alkanes) is 12. The van der Waals surface area contributed by atoms with Gasteiger partial charge in [0.15, 0.2) is 0 Å². The van der Waals surface area contributed by atoms with Crippen molar-refractivity contribution in [2.24, 2.45) is 0 Å². The molecule has 0 saturated carbocycles. The third-order valence-electron chi connectivity index (χ3n) is 8.78. The molecule has 0 bridgehead atoms. The van der Waals surface area contributed by atoms with Crippen molar-refractivity contribution in [1.82, 2.24) is 0 Å². The standard InChI is InChI=1S/C45H83NO13/c1-3-4-5-6-7-8-9-10-11-12-13-14-15-20-48-21-22-49-23-24-50-25-26-51-27-28-52-29-30-53-31-32-54-33-34-55-35-36-56-37-38-57-39-40-58-41-42-59-45-18-16-44(17-19-45)46-43(2)47/h16-19H,3-15,20-42H2,1-2H3,(H,46,47). The number of rotatable bonds is 49. The maximum atomic E-state index is 11.1. The summed E-state index contributed by atoms with van der Waals surface area (Å²) >= 11 is 0. The fraction of sp³-hybridized carbons (Fsp3) is 0.844. The lowest BCUT2D eigenvalue weighted by molar-refractivity contribution is -0.114. The third-order valence-corrected chi connectivity index (χ3v) is 8.78. The predicted molar refractivity (Wildman–Crippen MR) is 231 cm³/mol. The number of carbonyl (C=O) groups excluding carboxylic acids is 1. The molecule has 59 heavy (non-hydrogen) atoms. The zero-order valence-electron chi connectivity index (χ0n) is 37.1. The van der Waals surface area contributed by atoms with Gasteiger partial charge in [0.2, 0.25) is 5.91 Å². The molecule has 14 nitrogen and oxygen atoms in total. The SMILES string of the molecule is CCCCCCCCCCCCCCCOCCOCCOCCOCCOCCOCCOCCOCCOCCOCCOCCOc1ccc(NC(C)=O)cc1. The molecule has 0 saturated heterocycles. The van der Waals surface area contributed by atoms with E-state index in [1.54, 1.807) is 24.3 Å². The fourth-order valence-corrected chi connectivity index (χ4v) is 5.58. The second kappa shape index (κ2) is 47.1. The van der Waals surface area contributed by atoms with Crippen molar-refractivity contribution in [2.45, 2.75) is 97.3 Å². The van der Waals surface area contributed by atoms with Crippen LogP contribution < -0.4 is 10.1 Å². The van der Waals surface area contributed by atoms with Crippen molar-refractivity contribution in [1.29, 1.82) is 0 Å². The van der Waals surface area contributed by atoms with Crippen molar-refractivity contribution < 1.29 is 61.6 Å². The molecule has 346 valence electrons. The van der Waals surface area contributed by atoms with Gasteiger partial charge in [-0.25, -0.2) is 0 Å². The molecule has 1 rings (SSSR count). The largest absolute Gasteiger partial charge is 0.491 e. The van der Waals surface area contributed by atoms with E-state index >= 15 is 0 Å². The van der Waals surface area contributed by atoms with Crippen molar-refractivity contribution in [3.63, 3.8) is 0 Å². The number of amides is 1. The number of benzene rings is 1. The molecular weight excluding hydrogens is 762 g/mol. The summed E-state index contributed by atoms with van der Waals surface area (Å²) in [5, 5.41) is 2.72. The van der Waals surface area contributed by atoms with Crippen molar-refractivity contribution in [3.05, 3.63) is 24.3 Å². The lowest BCUT2D eigenvalue weighted by Gasteiger charge is -2.09. The van der Waals surface area contributed by atoms with E-state index in [-0.39, 0.29) is 5.91 Å². The van der Waals surface area contributed by atoms with Gasteiger partial charge in [0, 0.05) is 19.2 Å². The summed E-state index contributed by atoms with van der Waals surface area (Å²) in [4.78, 5) is 11.1. The molecule has 0 spiro atoms. The highest BCUT2D eigenvalue weighted by Gasteiger charge is 2.00. The molecule has 0 atom stereocenters. The lowest BCUT2D eigenvalue weighted by atomic mass is 10.0. The Bertz CT molecular complexity index is 976. The second-order valence-electron chi connectivity index (χ2n) is 14.0.